The molecule has 0 saturated carbocycles. The molecule has 10 aromatic rings. The largest absolute Gasteiger partial charge is 0.310 e. The lowest BCUT2D eigenvalue weighted by Gasteiger charge is -2.30. The van der Waals surface area contributed by atoms with E-state index in [1.807, 2.05) is 0 Å². The third kappa shape index (κ3) is 6.01. The predicted molar refractivity (Wildman–Crippen MR) is 255 cm³/mol. The Bertz CT molecular complexity index is 3210. The maximum absolute atomic E-state index is 2.45. The van der Waals surface area contributed by atoms with Crippen LogP contribution in [0.5, 0.6) is 0 Å². The standard InChI is InChI=1S/C59H43N/c1-59(2)55-25-12-11-23-52(55)53-36-33-47(39-56(53)59)51-24-14-26-57(58(51)44-18-7-4-8-19-44)60(48-34-31-41(32-35-48)40-15-5-3-6-16-40)49-21-13-20-45(37-49)46-30-29-43-28-27-42-17-9-10-22-50(42)54(43)38-46/h3-39H,1-2H3. The normalized spacial score (nSPS) is 12.6. The zero-order valence-corrected chi connectivity index (χ0v) is 33.8. The molecule has 60 heavy (non-hydrogen) atoms. The zero-order chi connectivity index (χ0) is 40.2. The highest BCUT2D eigenvalue weighted by atomic mass is 15.1. The minimum atomic E-state index is -0.103. The predicted octanol–water partition coefficient (Wildman–Crippen LogP) is 16.4. The number of nitrogens with zero attached hydrogens (tertiary/aromatic N) is 1. The second-order valence-electron chi connectivity index (χ2n) is 16.5. The van der Waals surface area contributed by atoms with Gasteiger partial charge in [0.05, 0.1) is 5.69 Å². The first-order chi connectivity index (χ1) is 29.5. The lowest BCUT2D eigenvalue weighted by atomic mass is 9.81. The van der Waals surface area contributed by atoms with E-state index in [0.717, 1.165) is 17.1 Å². The van der Waals surface area contributed by atoms with E-state index in [1.54, 1.807) is 0 Å². The van der Waals surface area contributed by atoms with Crippen LogP contribution in [-0.4, -0.2) is 0 Å². The molecule has 0 unspecified atom stereocenters. The van der Waals surface area contributed by atoms with E-state index in [-0.39, 0.29) is 5.41 Å². The summed E-state index contributed by atoms with van der Waals surface area (Å²) in [6.07, 6.45) is 0. The lowest BCUT2D eigenvalue weighted by molar-refractivity contribution is 0.660. The Hall–Kier alpha value is -7.48. The van der Waals surface area contributed by atoms with Crippen molar-refractivity contribution >= 4 is 38.6 Å². The molecule has 10 aromatic carbocycles. The van der Waals surface area contributed by atoms with Crippen LogP contribution in [0.2, 0.25) is 0 Å². The first-order valence-electron chi connectivity index (χ1n) is 20.9. The van der Waals surface area contributed by atoms with Crippen molar-refractivity contribution in [1.29, 1.82) is 0 Å². The molecule has 0 aromatic heterocycles. The Morgan fingerprint density at radius 3 is 1.70 bits per heavy atom. The summed E-state index contributed by atoms with van der Waals surface area (Å²) in [6.45, 7) is 4.73. The zero-order valence-electron chi connectivity index (χ0n) is 33.8. The molecular weight excluding hydrogens is 723 g/mol. The van der Waals surface area contributed by atoms with Crippen molar-refractivity contribution in [3.8, 4) is 55.6 Å². The topological polar surface area (TPSA) is 3.24 Å². The SMILES string of the molecule is CC1(C)c2ccccc2-c2ccc(-c3cccc(N(c4ccc(-c5ccccc5)cc4)c4cccc(-c5ccc6ccc7ccccc7c6c5)c4)c3-c3ccccc3)cc21. The highest BCUT2D eigenvalue weighted by molar-refractivity contribution is 6.09. The second kappa shape index (κ2) is 14.4. The van der Waals surface area contributed by atoms with Gasteiger partial charge in [-0.2, -0.15) is 0 Å². The van der Waals surface area contributed by atoms with Gasteiger partial charge in [0, 0.05) is 22.4 Å². The van der Waals surface area contributed by atoms with Gasteiger partial charge in [-0.25, -0.2) is 0 Å². The molecule has 0 spiro atoms. The number of hydrogen-bond donors (Lipinski definition) is 0. The molecule has 11 rings (SSSR count). The molecule has 0 heterocycles. The van der Waals surface area contributed by atoms with Crippen molar-refractivity contribution in [2.45, 2.75) is 19.3 Å². The minimum absolute atomic E-state index is 0.103. The molecule has 0 amide bonds. The summed E-state index contributed by atoms with van der Waals surface area (Å²) in [7, 11) is 0. The molecular formula is C59H43N. The molecule has 0 saturated heterocycles. The summed E-state index contributed by atoms with van der Waals surface area (Å²) in [5.41, 5.74) is 18.2. The third-order valence-electron chi connectivity index (χ3n) is 12.7. The average molecular weight is 766 g/mol. The van der Waals surface area contributed by atoms with Crippen molar-refractivity contribution in [2.24, 2.45) is 0 Å². The van der Waals surface area contributed by atoms with E-state index in [1.165, 1.54) is 88.3 Å². The summed E-state index contributed by atoms with van der Waals surface area (Å²) in [5, 5.41) is 5.04. The molecule has 284 valence electrons. The van der Waals surface area contributed by atoms with Crippen LogP contribution in [-0.2, 0) is 5.41 Å². The van der Waals surface area contributed by atoms with Crippen LogP contribution in [0.1, 0.15) is 25.0 Å². The molecule has 1 aliphatic carbocycles. The minimum Gasteiger partial charge on any atom is -0.310 e. The van der Waals surface area contributed by atoms with Crippen LogP contribution in [0.3, 0.4) is 0 Å². The molecule has 1 aliphatic rings. The van der Waals surface area contributed by atoms with Gasteiger partial charge in [0.25, 0.3) is 0 Å². The number of benzene rings is 10. The molecule has 1 heteroatoms. The van der Waals surface area contributed by atoms with Crippen LogP contribution >= 0.6 is 0 Å². The van der Waals surface area contributed by atoms with Crippen molar-refractivity contribution in [3.05, 3.63) is 236 Å². The van der Waals surface area contributed by atoms with Crippen molar-refractivity contribution < 1.29 is 0 Å². The third-order valence-corrected chi connectivity index (χ3v) is 12.7. The van der Waals surface area contributed by atoms with Crippen LogP contribution in [0.4, 0.5) is 17.1 Å². The number of fused-ring (bicyclic) bond motifs is 6. The van der Waals surface area contributed by atoms with E-state index in [4.69, 9.17) is 0 Å². The van der Waals surface area contributed by atoms with Gasteiger partial charge in [0.1, 0.15) is 0 Å². The van der Waals surface area contributed by atoms with Crippen LogP contribution in [0, 0.1) is 0 Å². The Morgan fingerprint density at radius 1 is 0.317 bits per heavy atom. The van der Waals surface area contributed by atoms with E-state index in [0.29, 0.717) is 0 Å². The molecule has 0 aliphatic heterocycles. The van der Waals surface area contributed by atoms with Crippen LogP contribution < -0.4 is 4.90 Å². The van der Waals surface area contributed by atoms with Crippen LogP contribution in [0.15, 0.2) is 224 Å². The summed E-state index contributed by atoms with van der Waals surface area (Å²) in [4.78, 5) is 2.45. The summed E-state index contributed by atoms with van der Waals surface area (Å²) in [6, 6.07) is 82.5. The van der Waals surface area contributed by atoms with E-state index >= 15 is 0 Å². The highest BCUT2D eigenvalue weighted by Crippen LogP contribution is 2.51. The summed E-state index contributed by atoms with van der Waals surface area (Å²) < 4.78 is 0. The van der Waals surface area contributed by atoms with Gasteiger partial charge in [-0.15, -0.1) is 0 Å². The van der Waals surface area contributed by atoms with E-state index in [9.17, 15) is 0 Å². The first kappa shape index (κ1) is 35.7. The lowest BCUT2D eigenvalue weighted by Crippen LogP contribution is -2.15. The summed E-state index contributed by atoms with van der Waals surface area (Å²) in [5.74, 6) is 0. The molecule has 0 radical (unpaired) electrons. The fraction of sp³-hybridized carbons (Fsp3) is 0.0508. The quantitative estimate of drug-likeness (QED) is 0.146. The Labute approximate surface area is 352 Å². The Kier molecular flexibility index (Phi) is 8.57. The summed E-state index contributed by atoms with van der Waals surface area (Å²) >= 11 is 0. The van der Waals surface area contributed by atoms with Gasteiger partial charge < -0.3 is 4.90 Å². The van der Waals surface area contributed by atoms with Crippen LogP contribution in [0.25, 0.3) is 77.2 Å². The average Bonchev–Trinajstić information content (AvgIpc) is 3.54. The van der Waals surface area contributed by atoms with Gasteiger partial charge in [-0.3, -0.25) is 0 Å². The number of rotatable bonds is 7. The van der Waals surface area contributed by atoms with Gasteiger partial charge in [-0.1, -0.05) is 196 Å². The van der Waals surface area contributed by atoms with Crippen molar-refractivity contribution in [1.82, 2.24) is 0 Å². The van der Waals surface area contributed by atoms with Crippen molar-refractivity contribution in [2.75, 3.05) is 4.90 Å². The Morgan fingerprint density at radius 2 is 0.883 bits per heavy atom. The number of anilines is 3. The fourth-order valence-corrected chi connectivity index (χ4v) is 9.61. The van der Waals surface area contributed by atoms with Gasteiger partial charge in [-0.05, 0) is 125 Å². The van der Waals surface area contributed by atoms with E-state index < -0.39 is 0 Å². The first-order valence-corrected chi connectivity index (χ1v) is 20.9. The van der Waals surface area contributed by atoms with Gasteiger partial charge in [0.2, 0.25) is 0 Å². The van der Waals surface area contributed by atoms with E-state index in [2.05, 4.69) is 243 Å². The fourth-order valence-electron chi connectivity index (χ4n) is 9.61. The van der Waals surface area contributed by atoms with Gasteiger partial charge in [0.15, 0.2) is 0 Å². The maximum Gasteiger partial charge on any atom is 0.0546 e. The number of hydrogen-bond acceptors (Lipinski definition) is 1. The monoisotopic (exact) mass is 765 g/mol. The molecule has 0 N–H and O–H groups in total. The van der Waals surface area contributed by atoms with Crippen molar-refractivity contribution in [3.63, 3.8) is 0 Å². The molecule has 0 bridgehead atoms. The second-order valence-corrected chi connectivity index (χ2v) is 16.5. The highest BCUT2D eigenvalue weighted by Gasteiger charge is 2.35. The Balaban J connectivity index is 1.11. The maximum atomic E-state index is 2.45. The molecule has 0 atom stereocenters. The smallest absolute Gasteiger partial charge is 0.0546 e. The molecule has 1 nitrogen and oxygen atoms in total. The molecule has 0 fully saturated rings. The van der Waals surface area contributed by atoms with Gasteiger partial charge >= 0.3 is 0 Å².